The SMILES string of the molecule is COc1ccc(C(=O)O)cc1SCc1ccccc1. The van der Waals surface area contributed by atoms with Crippen LogP contribution in [0, 0.1) is 0 Å². The van der Waals surface area contributed by atoms with Gasteiger partial charge in [0.25, 0.3) is 0 Å². The molecule has 0 heterocycles. The molecule has 0 aliphatic rings. The molecule has 2 rings (SSSR count). The van der Waals surface area contributed by atoms with E-state index in [2.05, 4.69) is 0 Å². The second-order valence-electron chi connectivity index (χ2n) is 3.95. The zero-order valence-electron chi connectivity index (χ0n) is 10.5. The van der Waals surface area contributed by atoms with E-state index in [9.17, 15) is 4.79 Å². The molecule has 0 aromatic heterocycles. The fraction of sp³-hybridized carbons (Fsp3) is 0.133. The maximum Gasteiger partial charge on any atom is 0.335 e. The van der Waals surface area contributed by atoms with Crippen LogP contribution in [0.5, 0.6) is 5.75 Å². The van der Waals surface area contributed by atoms with E-state index in [0.717, 1.165) is 10.6 Å². The molecule has 0 saturated carbocycles. The van der Waals surface area contributed by atoms with Gasteiger partial charge in [-0.2, -0.15) is 0 Å². The van der Waals surface area contributed by atoms with Crippen LogP contribution in [0.2, 0.25) is 0 Å². The van der Waals surface area contributed by atoms with Gasteiger partial charge in [-0.25, -0.2) is 4.79 Å². The van der Waals surface area contributed by atoms with E-state index in [1.807, 2.05) is 30.3 Å². The van der Waals surface area contributed by atoms with Gasteiger partial charge in [0.2, 0.25) is 0 Å². The maximum absolute atomic E-state index is 11.0. The number of carboxylic acids is 1. The van der Waals surface area contributed by atoms with Crippen LogP contribution in [-0.4, -0.2) is 18.2 Å². The second kappa shape index (κ2) is 6.29. The van der Waals surface area contributed by atoms with Gasteiger partial charge in [-0.3, -0.25) is 0 Å². The van der Waals surface area contributed by atoms with Crippen molar-refractivity contribution in [2.75, 3.05) is 7.11 Å². The summed E-state index contributed by atoms with van der Waals surface area (Å²) in [5.74, 6) is 0.551. The molecule has 98 valence electrons. The first kappa shape index (κ1) is 13.5. The normalized spacial score (nSPS) is 10.2. The molecule has 0 saturated heterocycles. The number of hydrogen-bond acceptors (Lipinski definition) is 3. The van der Waals surface area contributed by atoms with Crippen LogP contribution in [0.25, 0.3) is 0 Å². The third-order valence-electron chi connectivity index (χ3n) is 2.65. The molecule has 0 aliphatic heterocycles. The van der Waals surface area contributed by atoms with Gasteiger partial charge in [0.05, 0.1) is 17.6 Å². The average Bonchev–Trinajstić information content (AvgIpc) is 2.45. The van der Waals surface area contributed by atoms with Gasteiger partial charge in [-0.1, -0.05) is 30.3 Å². The first-order valence-electron chi connectivity index (χ1n) is 5.79. The zero-order valence-corrected chi connectivity index (χ0v) is 11.3. The van der Waals surface area contributed by atoms with E-state index in [-0.39, 0.29) is 5.56 Å². The fourth-order valence-corrected chi connectivity index (χ4v) is 2.68. The van der Waals surface area contributed by atoms with Gasteiger partial charge < -0.3 is 9.84 Å². The predicted molar refractivity (Wildman–Crippen MR) is 76.0 cm³/mol. The van der Waals surface area contributed by atoms with Gasteiger partial charge in [-0.05, 0) is 23.8 Å². The molecule has 2 aromatic carbocycles. The van der Waals surface area contributed by atoms with Crippen molar-refractivity contribution in [3.05, 3.63) is 59.7 Å². The monoisotopic (exact) mass is 274 g/mol. The van der Waals surface area contributed by atoms with E-state index in [1.54, 1.807) is 37.1 Å². The Kier molecular flexibility index (Phi) is 4.47. The van der Waals surface area contributed by atoms with Crippen LogP contribution < -0.4 is 4.74 Å². The summed E-state index contributed by atoms with van der Waals surface area (Å²) in [5.41, 5.74) is 1.46. The minimum atomic E-state index is -0.927. The topological polar surface area (TPSA) is 46.5 Å². The van der Waals surface area contributed by atoms with Crippen molar-refractivity contribution in [2.24, 2.45) is 0 Å². The highest BCUT2D eigenvalue weighted by molar-refractivity contribution is 7.98. The average molecular weight is 274 g/mol. The van der Waals surface area contributed by atoms with Crippen LogP contribution in [-0.2, 0) is 5.75 Å². The summed E-state index contributed by atoms with van der Waals surface area (Å²) in [6, 6.07) is 14.9. The zero-order chi connectivity index (χ0) is 13.7. The number of carboxylic acid groups (broad SMARTS) is 1. The van der Waals surface area contributed by atoms with Crippen molar-refractivity contribution in [1.82, 2.24) is 0 Å². The molecule has 0 fully saturated rings. The molecule has 0 bridgehead atoms. The van der Waals surface area contributed by atoms with Crippen LogP contribution in [0.3, 0.4) is 0 Å². The molecule has 3 nitrogen and oxygen atoms in total. The van der Waals surface area contributed by atoms with Gasteiger partial charge in [0, 0.05) is 5.75 Å². The predicted octanol–water partition coefficient (Wildman–Crippen LogP) is 3.69. The maximum atomic E-state index is 11.0. The van der Waals surface area contributed by atoms with E-state index >= 15 is 0 Å². The summed E-state index contributed by atoms with van der Waals surface area (Å²) in [4.78, 5) is 11.8. The molecule has 0 unspecified atom stereocenters. The van der Waals surface area contributed by atoms with E-state index < -0.39 is 5.97 Å². The lowest BCUT2D eigenvalue weighted by molar-refractivity contribution is 0.0696. The highest BCUT2D eigenvalue weighted by Gasteiger charge is 2.09. The molecule has 1 N–H and O–H groups in total. The fourth-order valence-electron chi connectivity index (χ4n) is 1.66. The van der Waals surface area contributed by atoms with Crippen molar-refractivity contribution < 1.29 is 14.6 Å². The Morgan fingerprint density at radius 2 is 1.95 bits per heavy atom. The van der Waals surface area contributed by atoms with Crippen LogP contribution >= 0.6 is 11.8 Å². The third-order valence-corrected chi connectivity index (χ3v) is 3.76. The summed E-state index contributed by atoms with van der Waals surface area (Å²) >= 11 is 1.57. The van der Waals surface area contributed by atoms with Crippen molar-refractivity contribution in [1.29, 1.82) is 0 Å². The number of methoxy groups -OCH3 is 1. The van der Waals surface area contributed by atoms with Crippen molar-refractivity contribution >= 4 is 17.7 Å². The third kappa shape index (κ3) is 3.51. The number of hydrogen-bond donors (Lipinski definition) is 1. The highest BCUT2D eigenvalue weighted by Crippen LogP contribution is 2.32. The summed E-state index contributed by atoms with van der Waals surface area (Å²) < 4.78 is 5.25. The molecule has 0 aliphatic carbocycles. The van der Waals surface area contributed by atoms with Gasteiger partial charge in [0.15, 0.2) is 0 Å². The summed E-state index contributed by atoms with van der Waals surface area (Å²) in [6.45, 7) is 0. The highest BCUT2D eigenvalue weighted by atomic mass is 32.2. The first-order chi connectivity index (χ1) is 9.20. The number of thioether (sulfide) groups is 1. The minimum absolute atomic E-state index is 0.274. The Balaban J connectivity index is 2.18. The molecule has 19 heavy (non-hydrogen) atoms. The van der Waals surface area contributed by atoms with Crippen molar-refractivity contribution in [3.63, 3.8) is 0 Å². The minimum Gasteiger partial charge on any atom is -0.496 e. The number of rotatable bonds is 5. The lowest BCUT2D eigenvalue weighted by Gasteiger charge is -2.09. The van der Waals surface area contributed by atoms with Crippen LogP contribution in [0.1, 0.15) is 15.9 Å². The standard InChI is InChI=1S/C15H14O3S/c1-18-13-8-7-12(15(16)17)9-14(13)19-10-11-5-3-2-4-6-11/h2-9H,10H2,1H3,(H,16,17). The van der Waals surface area contributed by atoms with Crippen molar-refractivity contribution in [2.45, 2.75) is 10.6 Å². The lowest BCUT2D eigenvalue weighted by Crippen LogP contribution is -1.97. The quantitative estimate of drug-likeness (QED) is 0.845. The largest absolute Gasteiger partial charge is 0.496 e. The first-order valence-corrected chi connectivity index (χ1v) is 6.77. The summed E-state index contributed by atoms with van der Waals surface area (Å²) in [6.07, 6.45) is 0. The smallest absolute Gasteiger partial charge is 0.335 e. The molecule has 4 heteroatoms. The summed E-state index contributed by atoms with van der Waals surface area (Å²) in [7, 11) is 1.59. The molecular formula is C15H14O3S. The molecule has 2 aromatic rings. The van der Waals surface area contributed by atoms with E-state index in [0.29, 0.717) is 5.75 Å². The van der Waals surface area contributed by atoms with Crippen LogP contribution in [0.4, 0.5) is 0 Å². The summed E-state index contributed by atoms with van der Waals surface area (Å²) in [5, 5.41) is 9.01. The van der Waals surface area contributed by atoms with Crippen molar-refractivity contribution in [3.8, 4) is 5.75 Å². The molecule has 0 amide bonds. The number of ether oxygens (including phenoxy) is 1. The number of benzene rings is 2. The Hall–Kier alpha value is -1.94. The van der Waals surface area contributed by atoms with Crippen LogP contribution in [0.15, 0.2) is 53.4 Å². The molecule has 0 atom stereocenters. The Labute approximate surface area is 116 Å². The van der Waals surface area contributed by atoms with E-state index in [4.69, 9.17) is 9.84 Å². The second-order valence-corrected chi connectivity index (χ2v) is 4.96. The number of aromatic carboxylic acids is 1. The Morgan fingerprint density at radius 3 is 2.58 bits per heavy atom. The lowest BCUT2D eigenvalue weighted by atomic mass is 10.2. The molecule has 0 spiro atoms. The van der Waals surface area contributed by atoms with Gasteiger partial charge >= 0.3 is 5.97 Å². The Bertz CT molecular complexity index is 567. The van der Waals surface area contributed by atoms with Gasteiger partial charge in [-0.15, -0.1) is 11.8 Å². The molecular weight excluding hydrogens is 260 g/mol. The Morgan fingerprint density at radius 1 is 1.21 bits per heavy atom. The molecule has 0 radical (unpaired) electrons. The number of carbonyl (C=O) groups is 1. The van der Waals surface area contributed by atoms with E-state index in [1.165, 1.54) is 5.56 Å². The van der Waals surface area contributed by atoms with Gasteiger partial charge in [0.1, 0.15) is 5.75 Å².